The molecule has 2 aromatic rings. The summed E-state index contributed by atoms with van der Waals surface area (Å²) in [6.07, 6.45) is 2.23. The highest BCUT2D eigenvalue weighted by molar-refractivity contribution is 6.04. The van der Waals surface area contributed by atoms with E-state index < -0.39 is 0 Å². The van der Waals surface area contributed by atoms with Crippen LogP contribution in [0.3, 0.4) is 0 Å². The number of hydrogen-bond acceptors (Lipinski definition) is 4. The molecule has 0 spiro atoms. The van der Waals surface area contributed by atoms with Crippen molar-refractivity contribution in [3.05, 3.63) is 54.1 Å². The number of rotatable bonds is 7. The molecule has 2 aromatic carbocycles. The summed E-state index contributed by atoms with van der Waals surface area (Å²) >= 11 is 0. The van der Waals surface area contributed by atoms with Crippen molar-refractivity contribution in [2.45, 2.75) is 12.8 Å². The van der Waals surface area contributed by atoms with Gasteiger partial charge in [-0.3, -0.25) is 4.79 Å². The second-order valence-corrected chi connectivity index (χ2v) is 6.62. The largest absolute Gasteiger partial charge is 0.383 e. The Morgan fingerprint density at radius 3 is 2.43 bits per heavy atom. The molecule has 0 aliphatic carbocycles. The van der Waals surface area contributed by atoms with Crippen molar-refractivity contribution in [1.29, 1.82) is 0 Å². The van der Waals surface area contributed by atoms with E-state index in [0.717, 1.165) is 31.6 Å². The van der Waals surface area contributed by atoms with Gasteiger partial charge in [0.2, 0.25) is 0 Å². The maximum absolute atomic E-state index is 12.7. The summed E-state index contributed by atoms with van der Waals surface area (Å²) in [4.78, 5) is 27.2. The van der Waals surface area contributed by atoms with Gasteiger partial charge in [0.25, 0.3) is 5.91 Å². The predicted octanol–water partition coefficient (Wildman–Crippen LogP) is 3.31. The fourth-order valence-corrected chi connectivity index (χ4v) is 3.21. The first-order chi connectivity index (χ1) is 13.7. The molecule has 3 N–H and O–H groups in total. The van der Waals surface area contributed by atoms with Crippen LogP contribution in [-0.4, -0.2) is 45.3 Å². The number of ether oxygens (including phenoxy) is 1. The lowest BCUT2D eigenvalue weighted by Crippen LogP contribution is -2.30. The van der Waals surface area contributed by atoms with Crippen LogP contribution < -0.4 is 20.9 Å². The Morgan fingerprint density at radius 1 is 1.00 bits per heavy atom. The highest BCUT2D eigenvalue weighted by Crippen LogP contribution is 2.27. The topological polar surface area (TPSA) is 82.7 Å². The molecule has 1 fully saturated rings. The van der Waals surface area contributed by atoms with E-state index in [1.54, 1.807) is 13.2 Å². The minimum atomic E-state index is -0.356. The van der Waals surface area contributed by atoms with E-state index in [0.29, 0.717) is 30.1 Å². The number of methoxy groups -OCH3 is 1. The molecule has 1 saturated heterocycles. The van der Waals surface area contributed by atoms with E-state index in [1.807, 2.05) is 42.5 Å². The van der Waals surface area contributed by atoms with E-state index in [-0.39, 0.29) is 11.9 Å². The summed E-state index contributed by atoms with van der Waals surface area (Å²) in [5, 5.41) is 8.44. The van der Waals surface area contributed by atoms with Gasteiger partial charge in [0.15, 0.2) is 0 Å². The molecule has 0 bridgehead atoms. The van der Waals surface area contributed by atoms with Crippen LogP contribution in [0.2, 0.25) is 0 Å². The average molecular weight is 382 g/mol. The van der Waals surface area contributed by atoms with Gasteiger partial charge in [-0.05, 0) is 43.2 Å². The molecule has 1 heterocycles. The second-order valence-electron chi connectivity index (χ2n) is 6.62. The van der Waals surface area contributed by atoms with E-state index in [4.69, 9.17) is 4.74 Å². The van der Waals surface area contributed by atoms with Crippen molar-refractivity contribution in [3.8, 4) is 0 Å². The number of carbonyl (C=O) groups excluding carboxylic acids is 2. The Hall–Kier alpha value is -3.06. The van der Waals surface area contributed by atoms with Crippen LogP contribution >= 0.6 is 0 Å². The first-order valence-corrected chi connectivity index (χ1v) is 9.46. The van der Waals surface area contributed by atoms with Gasteiger partial charge < -0.3 is 25.6 Å². The fourth-order valence-electron chi connectivity index (χ4n) is 3.21. The van der Waals surface area contributed by atoms with E-state index in [9.17, 15) is 9.59 Å². The molecule has 7 heteroatoms. The Balaban J connectivity index is 1.75. The molecule has 1 aliphatic rings. The van der Waals surface area contributed by atoms with Crippen LogP contribution in [0.25, 0.3) is 0 Å². The lowest BCUT2D eigenvalue weighted by Gasteiger charge is -2.22. The van der Waals surface area contributed by atoms with Gasteiger partial charge in [-0.2, -0.15) is 0 Å². The van der Waals surface area contributed by atoms with Crippen molar-refractivity contribution >= 4 is 29.0 Å². The van der Waals surface area contributed by atoms with Gasteiger partial charge in [0.1, 0.15) is 0 Å². The van der Waals surface area contributed by atoms with Crippen molar-refractivity contribution < 1.29 is 14.3 Å². The first kappa shape index (κ1) is 19.7. The number of urea groups is 1. The number of para-hydroxylation sites is 1. The summed E-state index contributed by atoms with van der Waals surface area (Å²) in [6, 6.07) is 14.3. The molecule has 0 aromatic heterocycles. The van der Waals surface area contributed by atoms with E-state index in [2.05, 4.69) is 20.9 Å². The number of nitrogens with one attached hydrogen (secondary N) is 3. The van der Waals surface area contributed by atoms with Gasteiger partial charge in [-0.25, -0.2) is 4.79 Å². The van der Waals surface area contributed by atoms with Crippen LogP contribution in [0.5, 0.6) is 0 Å². The van der Waals surface area contributed by atoms with Crippen molar-refractivity contribution in [2.75, 3.05) is 48.9 Å². The molecule has 3 amide bonds. The molecular formula is C21H26N4O3. The number of anilines is 3. The Bertz CT molecular complexity index is 805. The zero-order valence-electron chi connectivity index (χ0n) is 16.0. The molecule has 0 atom stereocenters. The molecule has 28 heavy (non-hydrogen) atoms. The molecule has 148 valence electrons. The third kappa shape index (κ3) is 5.23. The maximum atomic E-state index is 12.7. The maximum Gasteiger partial charge on any atom is 0.323 e. The minimum Gasteiger partial charge on any atom is -0.383 e. The Labute approximate surface area is 165 Å². The third-order valence-corrected chi connectivity index (χ3v) is 4.57. The number of hydrogen-bond donors (Lipinski definition) is 3. The molecule has 0 unspecified atom stereocenters. The summed E-state index contributed by atoms with van der Waals surface area (Å²) in [7, 11) is 1.59. The van der Waals surface area contributed by atoms with Crippen LogP contribution in [-0.2, 0) is 4.74 Å². The normalized spacial score (nSPS) is 13.2. The van der Waals surface area contributed by atoms with E-state index >= 15 is 0 Å². The summed E-state index contributed by atoms with van der Waals surface area (Å²) < 4.78 is 5.00. The van der Waals surface area contributed by atoms with Crippen LogP contribution in [0, 0.1) is 0 Å². The lowest BCUT2D eigenvalue weighted by atomic mass is 10.1. The number of carbonyl (C=O) groups is 2. The Kier molecular flexibility index (Phi) is 6.86. The smallest absolute Gasteiger partial charge is 0.323 e. The average Bonchev–Trinajstić information content (AvgIpc) is 3.23. The standard InChI is InChI=1S/C21H26N4O3/c1-28-14-11-22-20(26)18-15-17(9-10-19(18)25-12-5-6-13-25)24-21(27)23-16-7-3-2-4-8-16/h2-4,7-10,15H,5-6,11-14H2,1H3,(H,22,26)(H2,23,24,27). The third-order valence-electron chi connectivity index (χ3n) is 4.57. The van der Waals surface area contributed by atoms with Gasteiger partial charge in [0, 0.05) is 43.8 Å². The lowest BCUT2D eigenvalue weighted by molar-refractivity contribution is 0.0937. The molecular weight excluding hydrogens is 356 g/mol. The van der Waals surface area contributed by atoms with Crippen molar-refractivity contribution in [2.24, 2.45) is 0 Å². The molecule has 0 saturated carbocycles. The molecule has 1 aliphatic heterocycles. The van der Waals surface area contributed by atoms with Crippen molar-refractivity contribution in [3.63, 3.8) is 0 Å². The Morgan fingerprint density at radius 2 is 1.71 bits per heavy atom. The van der Waals surface area contributed by atoms with Gasteiger partial charge >= 0.3 is 6.03 Å². The van der Waals surface area contributed by atoms with Gasteiger partial charge in [0.05, 0.1) is 12.2 Å². The van der Waals surface area contributed by atoms with E-state index in [1.165, 1.54) is 0 Å². The molecule has 0 radical (unpaired) electrons. The number of benzene rings is 2. The summed E-state index contributed by atoms with van der Waals surface area (Å²) in [6.45, 7) is 2.74. The second kappa shape index (κ2) is 9.75. The van der Waals surface area contributed by atoms with Crippen LogP contribution in [0.4, 0.5) is 21.9 Å². The highest BCUT2D eigenvalue weighted by atomic mass is 16.5. The molecule has 7 nitrogen and oxygen atoms in total. The fraction of sp³-hybridized carbons (Fsp3) is 0.333. The SMILES string of the molecule is COCCNC(=O)c1cc(NC(=O)Nc2ccccc2)ccc1N1CCCC1. The zero-order valence-corrected chi connectivity index (χ0v) is 16.0. The number of amides is 3. The minimum absolute atomic E-state index is 0.175. The summed E-state index contributed by atoms with van der Waals surface area (Å²) in [5.41, 5.74) is 2.71. The predicted molar refractivity (Wildman–Crippen MR) is 111 cm³/mol. The molecule has 3 rings (SSSR count). The number of nitrogens with zero attached hydrogens (tertiary/aromatic N) is 1. The van der Waals surface area contributed by atoms with Crippen molar-refractivity contribution in [1.82, 2.24) is 5.32 Å². The monoisotopic (exact) mass is 382 g/mol. The first-order valence-electron chi connectivity index (χ1n) is 9.46. The quantitative estimate of drug-likeness (QED) is 0.642. The van der Waals surface area contributed by atoms with Gasteiger partial charge in [-0.1, -0.05) is 18.2 Å². The highest BCUT2D eigenvalue weighted by Gasteiger charge is 2.20. The van der Waals surface area contributed by atoms with Crippen LogP contribution in [0.15, 0.2) is 48.5 Å². The summed E-state index contributed by atoms with van der Waals surface area (Å²) in [5.74, 6) is -0.175. The van der Waals surface area contributed by atoms with Gasteiger partial charge in [-0.15, -0.1) is 0 Å². The van der Waals surface area contributed by atoms with Crippen LogP contribution in [0.1, 0.15) is 23.2 Å². The zero-order chi connectivity index (χ0) is 19.8.